The van der Waals surface area contributed by atoms with Gasteiger partial charge in [0.15, 0.2) is 0 Å². The second kappa shape index (κ2) is 4.42. The minimum absolute atomic E-state index is 0.947. The van der Waals surface area contributed by atoms with Gasteiger partial charge >= 0.3 is 0 Å². The van der Waals surface area contributed by atoms with Gasteiger partial charge < -0.3 is 8.98 Å². The van der Waals surface area contributed by atoms with E-state index in [-0.39, 0.29) is 0 Å². The van der Waals surface area contributed by atoms with E-state index >= 15 is 0 Å². The van der Waals surface area contributed by atoms with Gasteiger partial charge in [0, 0.05) is 28.7 Å². The van der Waals surface area contributed by atoms with E-state index in [4.69, 9.17) is 4.42 Å². The number of aromatic nitrogens is 1. The molecule has 2 heterocycles. The summed E-state index contributed by atoms with van der Waals surface area (Å²) < 4.78 is 8.55. The monoisotopic (exact) mass is 321 g/mol. The molecule has 0 radical (unpaired) electrons. The van der Waals surface area contributed by atoms with Crippen molar-refractivity contribution in [2.45, 2.75) is 0 Å². The molecule has 0 aliphatic heterocycles. The van der Waals surface area contributed by atoms with Gasteiger partial charge in [-0.1, -0.05) is 42.5 Å². The van der Waals surface area contributed by atoms with Crippen molar-refractivity contribution in [1.29, 1.82) is 0 Å². The fourth-order valence-electron chi connectivity index (χ4n) is 4.15. The highest BCUT2D eigenvalue weighted by Gasteiger charge is 2.16. The smallest absolute Gasteiger partial charge is 0.145 e. The van der Waals surface area contributed by atoms with Crippen molar-refractivity contribution in [3.05, 3.63) is 72.8 Å². The molecule has 0 amide bonds. The van der Waals surface area contributed by atoms with Crippen LogP contribution in [0.25, 0.3) is 54.5 Å². The summed E-state index contributed by atoms with van der Waals surface area (Å²) in [6.45, 7) is 0. The van der Waals surface area contributed by atoms with Gasteiger partial charge in [-0.25, -0.2) is 0 Å². The first kappa shape index (κ1) is 13.1. The largest absolute Gasteiger partial charge is 0.455 e. The van der Waals surface area contributed by atoms with Crippen LogP contribution in [0.15, 0.2) is 77.2 Å². The zero-order valence-electron chi connectivity index (χ0n) is 13.8. The number of hydrogen-bond acceptors (Lipinski definition) is 1. The molecule has 6 aromatic rings. The van der Waals surface area contributed by atoms with Crippen LogP contribution in [0, 0.1) is 0 Å². The Hall–Kier alpha value is -3.26. The van der Waals surface area contributed by atoms with E-state index in [1.54, 1.807) is 0 Å². The summed E-state index contributed by atoms with van der Waals surface area (Å²) in [6, 6.07) is 25.8. The Morgan fingerprint density at radius 1 is 0.680 bits per heavy atom. The average Bonchev–Trinajstić information content (AvgIpc) is 3.16. The van der Waals surface area contributed by atoms with Gasteiger partial charge in [-0.05, 0) is 41.1 Å². The van der Waals surface area contributed by atoms with E-state index in [9.17, 15) is 0 Å². The van der Waals surface area contributed by atoms with Crippen LogP contribution in [0.5, 0.6) is 0 Å². The highest BCUT2D eigenvalue weighted by molar-refractivity contribution is 6.24. The Labute approximate surface area is 143 Å². The molecule has 0 saturated heterocycles. The first-order chi connectivity index (χ1) is 12.3. The average molecular weight is 321 g/mol. The molecule has 0 atom stereocenters. The molecule has 0 N–H and O–H groups in total. The van der Waals surface area contributed by atoms with Gasteiger partial charge in [-0.15, -0.1) is 0 Å². The van der Waals surface area contributed by atoms with Gasteiger partial charge in [0.2, 0.25) is 0 Å². The molecule has 2 nitrogen and oxygen atoms in total. The lowest BCUT2D eigenvalue weighted by molar-refractivity contribution is 0.673. The van der Waals surface area contributed by atoms with E-state index in [0.717, 1.165) is 11.2 Å². The third-order valence-electron chi connectivity index (χ3n) is 5.38. The summed E-state index contributed by atoms with van der Waals surface area (Å²) in [5.41, 5.74) is 4.38. The lowest BCUT2D eigenvalue weighted by Gasteiger charge is -2.00. The Balaban J connectivity index is 1.93. The fourth-order valence-corrected chi connectivity index (χ4v) is 4.15. The third-order valence-corrected chi connectivity index (χ3v) is 5.38. The van der Waals surface area contributed by atoms with Crippen molar-refractivity contribution in [2.75, 3.05) is 0 Å². The van der Waals surface area contributed by atoms with Crippen LogP contribution in [-0.2, 0) is 7.05 Å². The lowest BCUT2D eigenvalue weighted by atomic mass is 10.0. The van der Waals surface area contributed by atoms with Crippen molar-refractivity contribution < 1.29 is 4.42 Å². The molecule has 0 aliphatic rings. The highest BCUT2D eigenvalue weighted by Crippen LogP contribution is 2.39. The maximum absolute atomic E-state index is 6.29. The summed E-state index contributed by atoms with van der Waals surface area (Å²) in [5.74, 6) is 0. The number of nitrogens with zero attached hydrogens (tertiary/aromatic N) is 1. The second-order valence-corrected chi connectivity index (χ2v) is 6.71. The normalized spacial score (nSPS) is 12.2. The van der Waals surface area contributed by atoms with Gasteiger partial charge in [-0.3, -0.25) is 0 Å². The minimum Gasteiger partial charge on any atom is -0.455 e. The van der Waals surface area contributed by atoms with Crippen LogP contribution in [0.1, 0.15) is 0 Å². The van der Waals surface area contributed by atoms with Crippen molar-refractivity contribution in [1.82, 2.24) is 4.57 Å². The van der Waals surface area contributed by atoms with Gasteiger partial charge in [0.1, 0.15) is 11.2 Å². The Morgan fingerprint density at radius 3 is 2.32 bits per heavy atom. The second-order valence-electron chi connectivity index (χ2n) is 6.71. The van der Waals surface area contributed by atoms with E-state index in [0.29, 0.717) is 0 Å². The lowest BCUT2D eigenvalue weighted by Crippen LogP contribution is -1.86. The number of rotatable bonds is 0. The molecule has 0 saturated carbocycles. The molecule has 25 heavy (non-hydrogen) atoms. The number of para-hydroxylation sites is 1. The molecule has 6 rings (SSSR count). The minimum atomic E-state index is 0.947. The van der Waals surface area contributed by atoms with Crippen molar-refractivity contribution in [3.63, 3.8) is 0 Å². The molecular weight excluding hydrogens is 306 g/mol. The van der Waals surface area contributed by atoms with E-state index in [2.05, 4.69) is 72.3 Å². The molecular formula is C23H15NO. The summed E-state index contributed by atoms with van der Waals surface area (Å²) >= 11 is 0. The van der Waals surface area contributed by atoms with Crippen molar-refractivity contribution >= 4 is 54.5 Å². The Morgan fingerprint density at radius 2 is 1.44 bits per heavy atom. The van der Waals surface area contributed by atoms with Gasteiger partial charge in [0.05, 0.1) is 10.9 Å². The van der Waals surface area contributed by atoms with Crippen LogP contribution in [-0.4, -0.2) is 4.57 Å². The zero-order valence-corrected chi connectivity index (χ0v) is 13.8. The molecule has 2 heteroatoms. The number of aryl methyl sites for hydroxylation is 1. The van der Waals surface area contributed by atoms with Crippen molar-refractivity contribution in [3.8, 4) is 0 Å². The molecule has 0 unspecified atom stereocenters. The molecule has 0 fully saturated rings. The van der Waals surface area contributed by atoms with Crippen LogP contribution >= 0.6 is 0 Å². The maximum Gasteiger partial charge on any atom is 0.145 e. The van der Waals surface area contributed by atoms with E-state index < -0.39 is 0 Å². The Bertz CT molecular complexity index is 1450. The molecule has 118 valence electrons. The first-order valence-corrected chi connectivity index (χ1v) is 8.52. The number of furan rings is 1. The van der Waals surface area contributed by atoms with Gasteiger partial charge in [0.25, 0.3) is 0 Å². The van der Waals surface area contributed by atoms with Crippen LogP contribution in [0.3, 0.4) is 0 Å². The summed E-state index contributed by atoms with van der Waals surface area (Å²) in [5, 5.41) is 7.34. The topological polar surface area (TPSA) is 18.1 Å². The molecule has 0 aliphatic carbocycles. The van der Waals surface area contributed by atoms with Crippen LogP contribution in [0.2, 0.25) is 0 Å². The number of hydrogen-bond donors (Lipinski definition) is 0. The van der Waals surface area contributed by atoms with Gasteiger partial charge in [-0.2, -0.15) is 0 Å². The highest BCUT2D eigenvalue weighted by atomic mass is 16.3. The van der Waals surface area contributed by atoms with Crippen LogP contribution < -0.4 is 0 Å². The SMILES string of the molecule is Cn1c2cc3ccccc3cc2c2c3oc4ccccc4c3ccc21. The van der Waals surface area contributed by atoms with Crippen LogP contribution in [0.4, 0.5) is 0 Å². The zero-order chi connectivity index (χ0) is 16.5. The predicted octanol–water partition coefficient (Wildman–Crippen LogP) is 6.38. The fraction of sp³-hybridized carbons (Fsp3) is 0.0435. The van der Waals surface area contributed by atoms with E-state index in [1.165, 1.54) is 43.4 Å². The van der Waals surface area contributed by atoms with Crippen molar-refractivity contribution in [2.24, 2.45) is 7.05 Å². The number of benzene rings is 4. The summed E-state index contributed by atoms with van der Waals surface area (Å²) in [7, 11) is 2.13. The summed E-state index contributed by atoms with van der Waals surface area (Å²) in [6.07, 6.45) is 0. The molecule has 0 bridgehead atoms. The standard InChI is InChI=1S/C23H15NO/c1-24-19-11-10-17-16-8-4-5-9-21(16)25-23(17)22(19)18-12-14-6-2-3-7-15(14)13-20(18)24/h2-13H,1H3. The summed E-state index contributed by atoms with van der Waals surface area (Å²) in [4.78, 5) is 0. The first-order valence-electron chi connectivity index (χ1n) is 8.52. The van der Waals surface area contributed by atoms with E-state index in [1.807, 2.05) is 12.1 Å². The quantitative estimate of drug-likeness (QED) is 0.317. The maximum atomic E-state index is 6.29. The molecule has 0 spiro atoms. The number of fused-ring (bicyclic) bond motifs is 8. The molecule has 4 aromatic carbocycles. The molecule has 2 aromatic heterocycles. The predicted molar refractivity (Wildman–Crippen MR) is 105 cm³/mol. The third kappa shape index (κ3) is 1.59. The Kier molecular flexibility index (Phi) is 2.31.